The molecule has 9 heteroatoms. The number of pyridine rings is 1. The van der Waals surface area contributed by atoms with Gasteiger partial charge in [-0.15, -0.1) is 0 Å². The Balaban J connectivity index is 0.000000266. The number of anilines is 1. The number of nitrogens with zero attached hydrogens (tertiary/aromatic N) is 6. The fraction of sp³-hybridized carbons (Fsp3) is 0.429. The maximum absolute atomic E-state index is 14.7. The van der Waals surface area contributed by atoms with E-state index in [4.69, 9.17) is 19.7 Å². The van der Waals surface area contributed by atoms with Crippen LogP contribution in [0.1, 0.15) is 55.6 Å². The van der Waals surface area contributed by atoms with E-state index in [1.807, 2.05) is 36.1 Å². The van der Waals surface area contributed by atoms with Crippen molar-refractivity contribution < 1.29 is 13.5 Å². The molecule has 5 heterocycles. The minimum atomic E-state index is -0.631. The van der Waals surface area contributed by atoms with Crippen LogP contribution >= 0.6 is 0 Å². The van der Waals surface area contributed by atoms with Gasteiger partial charge in [0.05, 0.1) is 23.1 Å². The summed E-state index contributed by atoms with van der Waals surface area (Å²) in [5, 5.41) is 4.79. The molecule has 3 aromatic heterocycles. The highest BCUT2D eigenvalue weighted by molar-refractivity contribution is 5.93. The summed E-state index contributed by atoms with van der Waals surface area (Å²) < 4.78 is 35.7. The molecule has 1 aliphatic carbocycles. The van der Waals surface area contributed by atoms with Crippen molar-refractivity contribution in [2.24, 2.45) is 0 Å². The number of halogens is 2. The Kier molecular flexibility index (Phi) is 6.54. The fourth-order valence-electron chi connectivity index (χ4n) is 4.89. The number of ether oxygens (including phenoxy) is 1. The third kappa shape index (κ3) is 5.05. The molecule has 3 aliphatic rings. The van der Waals surface area contributed by atoms with Crippen LogP contribution in [0.15, 0.2) is 42.7 Å². The van der Waals surface area contributed by atoms with E-state index >= 15 is 0 Å². The molecule has 0 N–H and O–H groups in total. The van der Waals surface area contributed by atoms with Gasteiger partial charge in [-0.05, 0) is 63.3 Å². The summed E-state index contributed by atoms with van der Waals surface area (Å²) >= 11 is 0. The molecule has 0 bridgehead atoms. The molecule has 4 aromatic rings. The normalized spacial score (nSPS) is 17.9. The number of aryl methyl sites for hydroxylation is 1. The largest absolute Gasteiger partial charge is 0.381 e. The molecule has 2 aliphatic heterocycles. The molecule has 1 aromatic carbocycles. The van der Waals surface area contributed by atoms with E-state index in [9.17, 15) is 8.78 Å². The summed E-state index contributed by atoms with van der Waals surface area (Å²) in [6.45, 7) is 5.26. The zero-order chi connectivity index (χ0) is 25.4. The van der Waals surface area contributed by atoms with E-state index in [0.717, 1.165) is 55.8 Å². The molecule has 7 nitrogen and oxygen atoms in total. The van der Waals surface area contributed by atoms with E-state index < -0.39 is 11.6 Å². The standard InChI is InChI=1S/C22H22F2N4O.C6H8N2/c1-13-19(28-7-2-8-28)12-17-20(16-4-3-15(23)11-18(16)24)26-21(27-22(17)25-13)14-5-9-29-10-6-14;1-4-7-8(5-1)6-2-3-6/h3-4,11-12,14H,2,5-10H2,1H3;1,4-6H,2-3H2. The summed E-state index contributed by atoms with van der Waals surface area (Å²) in [6.07, 6.45) is 9.29. The van der Waals surface area contributed by atoms with Crippen molar-refractivity contribution in [1.82, 2.24) is 24.7 Å². The predicted octanol–water partition coefficient (Wildman–Crippen LogP) is 5.60. The van der Waals surface area contributed by atoms with Crippen molar-refractivity contribution in [1.29, 1.82) is 0 Å². The van der Waals surface area contributed by atoms with Crippen LogP contribution < -0.4 is 4.90 Å². The molecule has 0 unspecified atom stereocenters. The third-order valence-corrected chi connectivity index (χ3v) is 7.28. The second kappa shape index (κ2) is 10.1. The van der Waals surface area contributed by atoms with Crippen LogP contribution in [0.4, 0.5) is 14.5 Å². The average molecular weight is 505 g/mol. The third-order valence-electron chi connectivity index (χ3n) is 7.28. The smallest absolute Gasteiger partial charge is 0.163 e. The highest BCUT2D eigenvalue weighted by Gasteiger charge is 2.25. The van der Waals surface area contributed by atoms with E-state index in [-0.39, 0.29) is 11.5 Å². The Labute approximate surface area is 214 Å². The Hall–Kier alpha value is -3.46. The first-order valence-electron chi connectivity index (χ1n) is 13.0. The van der Waals surface area contributed by atoms with Crippen LogP contribution in [0.25, 0.3) is 22.3 Å². The zero-order valence-corrected chi connectivity index (χ0v) is 20.9. The Bertz CT molecular complexity index is 1400. The molecule has 1 saturated carbocycles. The van der Waals surface area contributed by atoms with E-state index in [2.05, 4.69) is 10.00 Å². The van der Waals surface area contributed by atoms with Crippen molar-refractivity contribution in [3.8, 4) is 11.3 Å². The molecule has 0 amide bonds. The van der Waals surface area contributed by atoms with Gasteiger partial charge < -0.3 is 9.64 Å². The van der Waals surface area contributed by atoms with Gasteiger partial charge >= 0.3 is 0 Å². The van der Waals surface area contributed by atoms with E-state index in [1.165, 1.54) is 25.0 Å². The van der Waals surface area contributed by atoms with Crippen molar-refractivity contribution in [2.75, 3.05) is 31.2 Å². The minimum absolute atomic E-state index is 0.146. The average Bonchev–Trinajstić information content (AvgIpc) is 3.58. The maximum atomic E-state index is 14.7. The van der Waals surface area contributed by atoms with Gasteiger partial charge in [0.15, 0.2) is 5.65 Å². The molecule has 0 atom stereocenters. The van der Waals surface area contributed by atoms with Gasteiger partial charge in [-0.3, -0.25) is 4.68 Å². The molecule has 37 heavy (non-hydrogen) atoms. The van der Waals surface area contributed by atoms with Crippen molar-refractivity contribution in [3.05, 3.63) is 65.9 Å². The van der Waals surface area contributed by atoms with Gasteiger partial charge in [0.2, 0.25) is 0 Å². The first kappa shape index (κ1) is 23.9. The first-order chi connectivity index (χ1) is 18.1. The van der Waals surface area contributed by atoms with Gasteiger partial charge in [-0.25, -0.2) is 23.7 Å². The molecule has 192 valence electrons. The second-order valence-electron chi connectivity index (χ2n) is 9.96. The lowest BCUT2D eigenvalue weighted by atomic mass is 9.98. The number of hydrogen-bond donors (Lipinski definition) is 0. The summed E-state index contributed by atoms with van der Waals surface area (Å²) in [5.74, 6) is -0.436. The van der Waals surface area contributed by atoms with Crippen LogP contribution in [0.2, 0.25) is 0 Å². The SMILES string of the molecule is Cc1nc2nc(C3CCOCC3)nc(-c3ccc(F)cc3F)c2cc1N1CCC1.c1cnn(C2CC2)c1. The first-order valence-corrected chi connectivity index (χ1v) is 13.0. The number of hydrogen-bond acceptors (Lipinski definition) is 6. The maximum Gasteiger partial charge on any atom is 0.163 e. The minimum Gasteiger partial charge on any atom is -0.381 e. The Morgan fingerprint density at radius 2 is 1.78 bits per heavy atom. The van der Waals surface area contributed by atoms with Crippen molar-refractivity contribution >= 4 is 16.7 Å². The summed E-state index contributed by atoms with van der Waals surface area (Å²) in [6, 6.07) is 8.32. The molecular weight excluding hydrogens is 474 g/mol. The van der Waals surface area contributed by atoms with Crippen molar-refractivity contribution in [2.45, 2.75) is 51.0 Å². The highest BCUT2D eigenvalue weighted by Crippen LogP contribution is 2.35. The quantitative estimate of drug-likeness (QED) is 0.360. The Morgan fingerprint density at radius 1 is 0.973 bits per heavy atom. The van der Waals surface area contributed by atoms with Crippen LogP contribution in [-0.2, 0) is 4.74 Å². The number of fused-ring (bicyclic) bond motifs is 1. The van der Waals surface area contributed by atoms with E-state index in [0.29, 0.717) is 35.8 Å². The monoisotopic (exact) mass is 504 g/mol. The molecule has 0 radical (unpaired) electrons. The van der Waals surface area contributed by atoms with Crippen LogP contribution in [-0.4, -0.2) is 51.0 Å². The van der Waals surface area contributed by atoms with Gasteiger partial charge in [0.1, 0.15) is 17.5 Å². The topological polar surface area (TPSA) is 69.0 Å². The van der Waals surface area contributed by atoms with Crippen LogP contribution in [0, 0.1) is 18.6 Å². The lowest BCUT2D eigenvalue weighted by Gasteiger charge is -2.34. The van der Waals surface area contributed by atoms with Gasteiger partial charge in [0, 0.05) is 61.6 Å². The molecule has 3 fully saturated rings. The van der Waals surface area contributed by atoms with Crippen molar-refractivity contribution in [3.63, 3.8) is 0 Å². The van der Waals surface area contributed by atoms with Gasteiger partial charge in [-0.1, -0.05) is 0 Å². The molecule has 0 spiro atoms. The van der Waals surface area contributed by atoms with Crippen LogP contribution in [0.3, 0.4) is 0 Å². The van der Waals surface area contributed by atoms with Crippen LogP contribution in [0.5, 0.6) is 0 Å². The second-order valence-corrected chi connectivity index (χ2v) is 9.96. The number of aromatic nitrogens is 5. The zero-order valence-electron chi connectivity index (χ0n) is 20.9. The number of benzene rings is 1. The van der Waals surface area contributed by atoms with E-state index in [1.54, 1.807) is 0 Å². The molecular formula is C28H30F2N6O. The molecule has 7 rings (SSSR count). The summed E-state index contributed by atoms with van der Waals surface area (Å²) in [4.78, 5) is 16.5. The lowest BCUT2D eigenvalue weighted by Crippen LogP contribution is -2.37. The highest BCUT2D eigenvalue weighted by atomic mass is 19.1. The lowest BCUT2D eigenvalue weighted by molar-refractivity contribution is 0.0836. The predicted molar refractivity (Wildman–Crippen MR) is 138 cm³/mol. The molecule has 2 saturated heterocycles. The Morgan fingerprint density at radius 3 is 2.43 bits per heavy atom. The van der Waals surface area contributed by atoms with Gasteiger partial charge in [0.25, 0.3) is 0 Å². The summed E-state index contributed by atoms with van der Waals surface area (Å²) in [7, 11) is 0. The van der Waals surface area contributed by atoms with Gasteiger partial charge in [-0.2, -0.15) is 5.10 Å². The number of rotatable bonds is 4. The fourth-order valence-corrected chi connectivity index (χ4v) is 4.89. The summed E-state index contributed by atoms with van der Waals surface area (Å²) in [5.41, 5.74) is 3.23.